The second-order valence-electron chi connectivity index (χ2n) is 6.44. The Morgan fingerprint density at radius 2 is 1.71 bits per heavy atom. The maximum Gasteiger partial charge on any atom is 0.240 e. The average molecular weight is 395 g/mol. The maximum atomic E-state index is 13.1. The van der Waals surface area contributed by atoms with Gasteiger partial charge in [-0.15, -0.1) is 5.10 Å². The molecule has 6 heteroatoms. The molecule has 1 N–H and O–H groups in total. The number of aryl methyl sites for hydroxylation is 1. The fourth-order valence-corrected chi connectivity index (χ4v) is 4.02. The molecule has 3 rings (SSSR count). The number of rotatable bonds is 8. The van der Waals surface area contributed by atoms with Crippen molar-refractivity contribution in [2.24, 2.45) is 0 Å². The Bertz CT molecular complexity index is 888. The van der Waals surface area contributed by atoms with E-state index in [2.05, 4.69) is 34.2 Å². The number of hydrogen-bond donors (Lipinski definition) is 1. The zero-order valence-corrected chi connectivity index (χ0v) is 17.4. The second-order valence-corrected chi connectivity index (χ2v) is 7.51. The number of aromatic amines is 1. The van der Waals surface area contributed by atoms with Crippen LogP contribution in [0.4, 0.5) is 0 Å². The molecule has 146 valence electrons. The van der Waals surface area contributed by atoms with Gasteiger partial charge < -0.3 is 4.90 Å². The molecule has 0 saturated heterocycles. The summed E-state index contributed by atoms with van der Waals surface area (Å²) in [5.74, 6) is 0.798. The molecule has 0 bridgehead atoms. The first kappa shape index (κ1) is 20.1. The average Bonchev–Trinajstić information content (AvgIpc) is 3.22. The summed E-state index contributed by atoms with van der Waals surface area (Å²) in [6, 6.07) is 18.1. The Hall–Kier alpha value is -2.60. The van der Waals surface area contributed by atoms with Crippen LogP contribution in [0, 0.1) is 0 Å². The maximum absolute atomic E-state index is 13.1. The van der Waals surface area contributed by atoms with E-state index in [0.717, 1.165) is 17.5 Å². The van der Waals surface area contributed by atoms with Crippen LogP contribution in [0.5, 0.6) is 0 Å². The predicted molar refractivity (Wildman–Crippen MR) is 114 cm³/mol. The number of carbonyl (C=O) groups excluding carboxylic acids is 1. The molecular formula is C22H26N4OS. The zero-order valence-electron chi connectivity index (χ0n) is 16.6. The molecule has 0 aliphatic carbocycles. The summed E-state index contributed by atoms with van der Waals surface area (Å²) in [4.78, 5) is 19.6. The van der Waals surface area contributed by atoms with E-state index >= 15 is 0 Å². The highest BCUT2D eigenvalue weighted by atomic mass is 32.2. The summed E-state index contributed by atoms with van der Waals surface area (Å²) in [7, 11) is 0. The summed E-state index contributed by atoms with van der Waals surface area (Å²) in [5, 5.41) is 7.56. The van der Waals surface area contributed by atoms with Crippen LogP contribution in [-0.2, 0) is 11.2 Å². The Morgan fingerprint density at radius 1 is 1.04 bits per heavy atom. The summed E-state index contributed by atoms with van der Waals surface area (Å²) in [6.07, 6.45) is 1.00. The second kappa shape index (κ2) is 9.55. The fourth-order valence-electron chi connectivity index (χ4n) is 3.02. The smallest absolute Gasteiger partial charge is 0.240 e. The number of carbonyl (C=O) groups is 1. The van der Waals surface area contributed by atoms with Crippen molar-refractivity contribution in [1.82, 2.24) is 20.1 Å². The number of nitrogens with one attached hydrogen (secondary N) is 1. The third kappa shape index (κ3) is 4.62. The molecule has 0 fully saturated rings. The van der Waals surface area contributed by atoms with E-state index in [-0.39, 0.29) is 11.2 Å². The van der Waals surface area contributed by atoms with Crippen molar-refractivity contribution in [2.75, 3.05) is 13.1 Å². The first-order valence-electron chi connectivity index (χ1n) is 9.68. The minimum atomic E-state index is -0.368. The largest absolute Gasteiger partial charge is 0.342 e. The highest BCUT2D eigenvalue weighted by Crippen LogP contribution is 2.35. The SMILES string of the molecule is CCc1ccc(-c2nc(S[C@@H](C(=O)N(CC)CC)c3ccccc3)n[nH]2)cc1. The van der Waals surface area contributed by atoms with E-state index in [0.29, 0.717) is 24.1 Å². The standard InChI is InChI=1S/C22H26N4OS/c1-4-16-12-14-18(15-13-16)20-23-22(25-24-20)28-19(17-10-8-7-9-11-17)21(27)26(5-2)6-3/h7-15,19H,4-6H2,1-3H3,(H,23,24,25)/t19-/m1/s1. The number of hydrogen-bond acceptors (Lipinski definition) is 4. The first-order chi connectivity index (χ1) is 13.7. The molecule has 0 aliphatic heterocycles. The van der Waals surface area contributed by atoms with Gasteiger partial charge in [-0.1, -0.05) is 73.3 Å². The molecule has 1 aromatic heterocycles. The lowest BCUT2D eigenvalue weighted by Gasteiger charge is -2.24. The molecular weight excluding hydrogens is 368 g/mol. The van der Waals surface area contributed by atoms with Crippen molar-refractivity contribution in [3.05, 3.63) is 65.7 Å². The van der Waals surface area contributed by atoms with Gasteiger partial charge in [-0.05, 0) is 31.4 Å². The van der Waals surface area contributed by atoms with Gasteiger partial charge in [-0.2, -0.15) is 0 Å². The van der Waals surface area contributed by atoms with Crippen LogP contribution < -0.4 is 0 Å². The molecule has 0 unspecified atom stereocenters. The van der Waals surface area contributed by atoms with Crippen LogP contribution in [0.1, 0.15) is 37.1 Å². The van der Waals surface area contributed by atoms with Gasteiger partial charge >= 0.3 is 0 Å². The highest BCUT2D eigenvalue weighted by Gasteiger charge is 2.27. The number of H-pyrrole nitrogens is 1. The lowest BCUT2D eigenvalue weighted by molar-refractivity contribution is -0.130. The van der Waals surface area contributed by atoms with E-state index < -0.39 is 0 Å². The summed E-state index contributed by atoms with van der Waals surface area (Å²) in [6.45, 7) is 7.50. The summed E-state index contributed by atoms with van der Waals surface area (Å²) < 4.78 is 0. The molecule has 0 aliphatic rings. The van der Waals surface area contributed by atoms with Gasteiger partial charge in [0, 0.05) is 18.7 Å². The number of benzene rings is 2. The normalized spacial score (nSPS) is 12.0. The molecule has 0 spiro atoms. The Morgan fingerprint density at radius 3 is 2.32 bits per heavy atom. The van der Waals surface area contributed by atoms with E-state index in [1.807, 2.05) is 61.2 Å². The molecule has 1 atom stereocenters. The minimum absolute atomic E-state index is 0.0832. The van der Waals surface area contributed by atoms with Gasteiger partial charge in [0.1, 0.15) is 5.25 Å². The number of amides is 1. The molecule has 5 nitrogen and oxygen atoms in total. The number of nitrogens with zero attached hydrogens (tertiary/aromatic N) is 3. The predicted octanol–water partition coefficient (Wildman–Crippen LogP) is 4.74. The van der Waals surface area contributed by atoms with Crippen molar-refractivity contribution in [1.29, 1.82) is 0 Å². The first-order valence-corrected chi connectivity index (χ1v) is 10.6. The summed E-state index contributed by atoms with van der Waals surface area (Å²) in [5.41, 5.74) is 3.23. The van der Waals surface area contributed by atoms with E-state index in [9.17, 15) is 4.79 Å². The monoisotopic (exact) mass is 394 g/mol. The van der Waals surface area contributed by atoms with Crippen LogP contribution in [-0.4, -0.2) is 39.1 Å². The fraction of sp³-hybridized carbons (Fsp3) is 0.318. The lowest BCUT2D eigenvalue weighted by Crippen LogP contribution is -2.33. The van der Waals surface area contributed by atoms with Crippen molar-refractivity contribution in [3.63, 3.8) is 0 Å². The molecule has 0 radical (unpaired) electrons. The van der Waals surface area contributed by atoms with Gasteiger partial charge in [0.15, 0.2) is 5.82 Å². The molecule has 2 aromatic carbocycles. The number of aromatic nitrogens is 3. The van der Waals surface area contributed by atoms with Crippen LogP contribution in [0.3, 0.4) is 0 Å². The van der Waals surface area contributed by atoms with Crippen molar-refractivity contribution in [3.8, 4) is 11.4 Å². The molecule has 1 heterocycles. The summed E-state index contributed by atoms with van der Waals surface area (Å²) >= 11 is 1.39. The van der Waals surface area contributed by atoms with E-state index in [1.54, 1.807) is 0 Å². The lowest BCUT2D eigenvalue weighted by atomic mass is 10.1. The minimum Gasteiger partial charge on any atom is -0.342 e. The Balaban J connectivity index is 1.84. The van der Waals surface area contributed by atoms with E-state index in [4.69, 9.17) is 0 Å². The molecule has 1 amide bonds. The van der Waals surface area contributed by atoms with Crippen LogP contribution in [0.25, 0.3) is 11.4 Å². The van der Waals surface area contributed by atoms with Gasteiger partial charge in [0.05, 0.1) is 0 Å². The highest BCUT2D eigenvalue weighted by molar-refractivity contribution is 8.00. The van der Waals surface area contributed by atoms with Gasteiger partial charge in [-0.3, -0.25) is 9.89 Å². The quantitative estimate of drug-likeness (QED) is 0.561. The molecule has 0 saturated carbocycles. The molecule has 28 heavy (non-hydrogen) atoms. The van der Waals surface area contributed by atoms with Crippen molar-refractivity contribution in [2.45, 2.75) is 37.6 Å². The Labute approximate surface area is 170 Å². The topological polar surface area (TPSA) is 61.9 Å². The Kier molecular flexibility index (Phi) is 6.87. The van der Waals surface area contributed by atoms with Crippen LogP contribution in [0.15, 0.2) is 59.8 Å². The number of thioether (sulfide) groups is 1. The zero-order chi connectivity index (χ0) is 19.9. The number of likely N-dealkylation sites (N-methyl/N-ethyl adjacent to an activating group) is 1. The molecule has 3 aromatic rings. The van der Waals surface area contributed by atoms with Gasteiger partial charge in [-0.25, -0.2) is 4.98 Å². The van der Waals surface area contributed by atoms with Crippen LogP contribution in [0.2, 0.25) is 0 Å². The third-order valence-corrected chi connectivity index (χ3v) is 5.83. The van der Waals surface area contributed by atoms with Crippen molar-refractivity contribution >= 4 is 17.7 Å². The van der Waals surface area contributed by atoms with Gasteiger partial charge in [0.2, 0.25) is 11.1 Å². The van der Waals surface area contributed by atoms with Gasteiger partial charge in [0.25, 0.3) is 0 Å². The third-order valence-electron chi connectivity index (χ3n) is 4.73. The van der Waals surface area contributed by atoms with Crippen LogP contribution >= 0.6 is 11.8 Å². The van der Waals surface area contributed by atoms with Crippen molar-refractivity contribution < 1.29 is 4.79 Å². The van der Waals surface area contributed by atoms with E-state index in [1.165, 1.54) is 17.3 Å².